The van der Waals surface area contributed by atoms with E-state index in [0.717, 1.165) is 15.6 Å². The minimum Gasteiger partial charge on any atom is -0.383 e. The van der Waals surface area contributed by atoms with E-state index in [1.54, 1.807) is 31.0 Å². The van der Waals surface area contributed by atoms with Gasteiger partial charge in [0, 0.05) is 30.2 Å². The van der Waals surface area contributed by atoms with Crippen LogP contribution < -0.4 is 10.6 Å². The van der Waals surface area contributed by atoms with Crippen LogP contribution in [0, 0.1) is 0 Å². The van der Waals surface area contributed by atoms with Crippen LogP contribution in [-0.4, -0.2) is 34.0 Å². The standard InChI is InChI=1S/C14H19ClN4O2S/c1-14(21,10-7-18-19(2)8-10)9-17-13(20)16-6-5-11-3-4-12(15)22-11/h3-4,7-8,21H,5-6,9H2,1-2H3,(H2,16,17,20). The Hall–Kier alpha value is -1.57. The lowest BCUT2D eigenvalue weighted by Gasteiger charge is -2.22. The SMILES string of the molecule is Cn1cc(C(C)(O)CNC(=O)NCCc2ccc(Cl)s2)cn1. The zero-order chi connectivity index (χ0) is 16.2. The number of nitrogens with one attached hydrogen (secondary N) is 2. The molecule has 0 aliphatic carbocycles. The van der Waals surface area contributed by atoms with Crippen LogP contribution in [0.2, 0.25) is 4.34 Å². The number of carbonyl (C=O) groups is 1. The summed E-state index contributed by atoms with van der Waals surface area (Å²) >= 11 is 7.35. The summed E-state index contributed by atoms with van der Waals surface area (Å²) in [4.78, 5) is 12.9. The molecule has 2 rings (SSSR count). The zero-order valence-electron chi connectivity index (χ0n) is 12.5. The molecule has 1 atom stereocenters. The minimum atomic E-state index is -1.16. The number of aromatic nitrogens is 2. The molecule has 2 aromatic heterocycles. The number of urea groups is 1. The van der Waals surface area contributed by atoms with Crippen LogP contribution in [0.4, 0.5) is 4.79 Å². The van der Waals surface area contributed by atoms with E-state index in [1.165, 1.54) is 11.3 Å². The second-order valence-electron chi connectivity index (χ2n) is 5.24. The molecule has 0 aliphatic heterocycles. The Morgan fingerprint density at radius 2 is 2.27 bits per heavy atom. The van der Waals surface area contributed by atoms with E-state index in [0.29, 0.717) is 12.1 Å². The van der Waals surface area contributed by atoms with Crippen molar-refractivity contribution in [1.29, 1.82) is 0 Å². The van der Waals surface area contributed by atoms with Gasteiger partial charge in [0.25, 0.3) is 0 Å². The minimum absolute atomic E-state index is 0.107. The largest absolute Gasteiger partial charge is 0.383 e. The highest BCUT2D eigenvalue weighted by molar-refractivity contribution is 7.16. The monoisotopic (exact) mass is 342 g/mol. The highest BCUT2D eigenvalue weighted by Gasteiger charge is 2.25. The van der Waals surface area contributed by atoms with E-state index in [4.69, 9.17) is 11.6 Å². The molecule has 6 nitrogen and oxygen atoms in total. The molecule has 1 unspecified atom stereocenters. The molecule has 0 aliphatic rings. The van der Waals surface area contributed by atoms with Crippen molar-refractivity contribution in [3.63, 3.8) is 0 Å². The normalized spacial score (nSPS) is 13.6. The molecule has 0 saturated carbocycles. The highest BCUT2D eigenvalue weighted by Crippen LogP contribution is 2.21. The maximum atomic E-state index is 11.7. The van der Waals surface area contributed by atoms with E-state index < -0.39 is 5.60 Å². The van der Waals surface area contributed by atoms with Gasteiger partial charge in [0.2, 0.25) is 0 Å². The third-order valence-corrected chi connectivity index (χ3v) is 4.50. The number of hydrogen-bond acceptors (Lipinski definition) is 4. The fraction of sp³-hybridized carbons (Fsp3) is 0.429. The molecule has 2 amide bonds. The lowest BCUT2D eigenvalue weighted by Crippen LogP contribution is -2.43. The summed E-state index contributed by atoms with van der Waals surface area (Å²) in [7, 11) is 1.77. The Balaban J connectivity index is 1.73. The lowest BCUT2D eigenvalue weighted by atomic mass is 10.00. The van der Waals surface area contributed by atoms with Gasteiger partial charge in [0.05, 0.1) is 17.1 Å². The fourth-order valence-electron chi connectivity index (χ4n) is 1.90. The summed E-state index contributed by atoms with van der Waals surface area (Å²) in [5.41, 5.74) is -0.504. The van der Waals surface area contributed by atoms with Gasteiger partial charge in [-0.1, -0.05) is 11.6 Å². The maximum Gasteiger partial charge on any atom is 0.314 e. The number of nitrogens with zero attached hydrogens (tertiary/aromatic N) is 2. The smallest absolute Gasteiger partial charge is 0.314 e. The van der Waals surface area contributed by atoms with Gasteiger partial charge in [-0.05, 0) is 25.5 Å². The van der Waals surface area contributed by atoms with Crippen LogP contribution in [0.1, 0.15) is 17.4 Å². The van der Waals surface area contributed by atoms with Crippen molar-refractivity contribution >= 4 is 29.0 Å². The molecule has 3 N–H and O–H groups in total. The molecule has 0 bridgehead atoms. The summed E-state index contributed by atoms with van der Waals surface area (Å²) in [6.45, 7) is 2.25. The van der Waals surface area contributed by atoms with Crippen LogP contribution in [-0.2, 0) is 19.1 Å². The third kappa shape index (κ3) is 4.72. The van der Waals surface area contributed by atoms with Crippen LogP contribution in [0.3, 0.4) is 0 Å². The van der Waals surface area contributed by atoms with E-state index in [9.17, 15) is 9.90 Å². The van der Waals surface area contributed by atoms with Crippen LogP contribution in [0.25, 0.3) is 0 Å². The van der Waals surface area contributed by atoms with Crippen LogP contribution in [0.15, 0.2) is 24.5 Å². The number of halogens is 1. The first-order valence-corrected chi connectivity index (χ1v) is 8.04. The molecule has 0 spiro atoms. The molecule has 0 radical (unpaired) electrons. The average Bonchev–Trinajstić information content (AvgIpc) is 3.06. The van der Waals surface area contributed by atoms with Crippen LogP contribution >= 0.6 is 22.9 Å². The average molecular weight is 343 g/mol. The quantitative estimate of drug-likeness (QED) is 0.750. The fourth-order valence-corrected chi connectivity index (χ4v) is 2.99. The molecule has 2 aromatic rings. The first-order chi connectivity index (χ1) is 10.4. The zero-order valence-corrected chi connectivity index (χ0v) is 14.0. The molecule has 120 valence electrons. The molecular weight excluding hydrogens is 324 g/mol. The third-order valence-electron chi connectivity index (χ3n) is 3.21. The molecular formula is C14H19ClN4O2S. The van der Waals surface area contributed by atoms with E-state index in [2.05, 4.69) is 15.7 Å². The number of hydrogen-bond donors (Lipinski definition) is 3. The van der Waals surface area contributed by atoms with Crippen molar-refractivity contribution in [2.75, 3.05) is 13.1 Å². The van der Waals surface area contributed by atoms with Crippen molar-refractivity contribution in [1.82, 2.24) is 20.4 Å². The van der Waals surface area contributed by atoms with E-state index in [-0.39, 0.29) is 12.6 Å². The van der Waals surface area contributed by atoms with Crippen molar-refractivity contribution in [2.45, 2.75) is 18.9 Å². The number of amides is 2. The van der Waals surface area contributed by atoms with Crippen molar-refractivity contribution in [3.8, 4) is 0 Å². The Bertz CT molecular complexity index is 638. The predicted molar refractivity (Wildman–Crippen MR) is 87.2 cm³/mol. The summed E-state index contributed by atoms with van der Waals surface area (Å²) < 4.78 is 2.35. The Kier molecular flexibility index (Phi) is 5.44. The topological polar surface area (TPSA) is 79.2 Å². The number of carbonyl (C=O) groups excluding carboxylic acids is 1. The molecule has 0 saturated heterocycles. The van der Waals surface area contributed by atoms with Crippen LogP contribution in [0.5, 0.6) is 0 Å². The highest BCUT2D eigenvalue weighted by atomic mass is 35.5. The van der Waals surface area contributed by atoms with Gasteiger partial charge in [0.1, 0.15) is 5.60 Å². The summed E-state index contributed by atoms with van der Waals surface area (Å²) in [5.74, 6) is 0. The van der Waals surface area contributed by atoms with Gasteiger partial charge in [0.15, 0.2) is 0 Å². The predicted octanol–water partition coefficient (Wildman–Crippen LogP) is 1.88. The number of rotatable bonds is 6. The Morgan fingerprint density at radius 3 is 2.86 bits per heavy atom. The summed E-state index contributed by atoms with van der Waals surface area (Å²) in [5, 5.41) is 19.8. The Labute approximate surface area is 138 Å². The molecule has 0 fully saturated rings. The van der Waals surface area contributed by atoms with Gasteiger partial charge in [-0.3, -0.25) is 4.68 Å². The van der Waals surface area contributed by atoms with E-state index in [1.807, 2.05) is 12.1 Å². The number of aryl methyl sites for hydroxylation is 1. The molecule has 0 aromatic carbocycles. The first-order valence-electron chi connectivity index (χ1n) is 6.84. The maximum absolute atomic E-state index is 11.7. The van der Waals surface area contributed by atoms with Crippen molar-refractivity contribution in [2.24, 2.45) is 7.05 Å². The van der Waals surface area contributed by atoms with Gasteiger partial charge < -0.3 is 15.7 Å². The molecule has 2 heterocycles. The van der Waals surface area contributed by atoms with Crippen molar-refractivity contribution < 1.29 is 9.90 Å². The van der Waals surface area contributed by atoms with Gasteiger partial charge in [-0.15, -0.1) is 11.3 Å². The first kappa shape index (κ1) is 16.8. The van der Waals surface area contributed by atoms with Gasteiger partial charge >= 0.3 is 6.03 Å². The second kappa shape index (κ2) is 7.13. The van der Waals surface area contributed by atoms with Gasteiger partial charge in [-0.25, -0.2) is 4.79 Å². The van der Waals surface area contributed by atoms with E-state index >= 15 is 0 Å². The number of aliphatic hydroxyl groups is 1. The summed E-state index contributed by atoms with van der Waals surface area (Å²) in [6, 6.07) is 3.47. The second-order valence-corrected chi connectivity index (χ2v) is 7.04. The van der Waals surface area contributed by atoms with Crippen molar-refractivity contribution in [3.05, 3.63) is 39.3 Å². The summed E-state index contributed by atoms with van der Waals surface area (Å²) in [6.07, 6.45) is 4.03. The number of thiophene rings is 1. The Morgan fingerprint density at radius 1 is 1.50 bits per heavy atom. The van der Waals surface area contributed by atoms with Gasteiger partial charge in [-0.2, -0.15) is 5.10 Å². The molecule has 22 heavy (non-hydrogen) atoms. The lowest BCUT2D eigenvalue weighted by molar-refractivity contribution is 0.0593. The molecule has 8 heteroatoms.